The first-order valence-corrected chi connectivity index (χ1v) is 4.64. The molecule has 0 aromatic heterocycles. The van der Waals surface area contributed by atoms with Gasteiger partial charge in [0, 0.05) is 6.54 Å². The van der Waals surface area contributed by atoms with E-state index in [1.54, 1.807) is 6.92 Å². The Labute approximate surface area is 95.1 Å². The van der Waals surface area contributed by atoms with E-state index >= 15 is 0 Å². The molecule has 1 aliphatic rings. The first-order valence-electron chi connectivity index (χ1n) is 4.64. The SMILES string of the molecule is COC(=O)C(C)CNC(=O)C1(N)CC1.Cl. The molecule has 1 fully saturated rings. The lowest BCUT2D eigenvalue weighted by atomic mass is 10.2. The van der Waals surface area contributed by atoms with Gasteiger partial charge < -0.3 is 15.8 Å². The lowest BCUT2D eigenvalue weighted by molar-refractivity contribution is -0.144. The van der Waals surface area contributed by atoms with E-state index in [4.69, 9.17) is 5.73 Å². The molecule has 88 valence electrons. The van der Waals surface area contributed by atoms with Crippen molar-refractivity contribution in [1.29, 1.82) is 0 Å². The normalized spacial score (nSPS) is 18.3. The highest BCUT2D eigenvalue weighted by molar-refractivity contribution is 5.89. The lowest BCUT2D eigenvalue weighted by Gasteiger charge is -2.13. The first kappa shape index (κ1) is 14.2. The summed E-state index contributed by atoms with van der Waals surface area (Å²) in [4.78, 5) is 22.3. The Balaban J connectivity index is 0.00000196. The van der Waals surface area contributed by atoms with Crippen LogP contribution < -0.4 is 11.1 Å². The van der Waals surface area contributed by atoms with Crippen LogP contribution in [-0.2, 0) is 14.3 Å². The summed E-state index contributed by atoms with van der Waals surface area (Å²) in [6.07, 6.45) is 1.46. The Kier molecular flexibility index (Phi) is 5.03. The summed E-state index contributed by atoms with van der Waals surface area (Å²) in [5.74, 6) is -0.827. The Morgan fingerprint density at radius 1 is 1.53 bits per heavy atom. The molecule has 3 N–H and O–H groups in total. The van der Waals surface area contributed by atoms with E-state index in [-0.39, 0.29) is 36.7 Å². The highest BCUT2D eigenvalue weighted by Crippen LogP contribution is 2.32. The Morgan fingerprint density at radius 3 is 2.47 bits per heavy atom. The molecule has 1 amide bonds. The van der Waals surface area contributed by atoms with Crippen LogP contribution in [0.3, 0.4) is 0 Å². The third kappa shape index (κ3) is 3.68. The van der Waals surface area contributed by atoms with Crippen molar-refractivity contribution in [2.75, 3.05) is 13.7 Å². The van der Waals surface area contributed by atoms with Gasteiger partial charge in [0.2, 0.25) is 5.91 Å². The number of esters is 1. The number of carbonyl (C=O) groups excluding carboxylic acids is 2. The molecule has 15 heavy (non-hydrogen) atoms. The second-order valence-corrected chi connectivity index (χ2v) is 3.79. The van der Waals surface area contributed by atoms with Crippen LogP contribution in [0.5, 0.6) is 0 Å². The zero-order chi connectivity index (χ0) is 10.8. The molecule has 0 aromatic carbocycles. The van der Waals surface area contributed by atoms with Crippen molar-refractivity contribution in [2.24, 2.45) is 11.7 Å². The van der Waals surface area contributed by atoms with Crippen molar-refractivity contribution in [1.82, 2.24) is 5.32 Å². The van der Waals surface area contributed by atoms with E-state index in [0.717, 1.165) is 12.8 Å². The number of amides is 1. The van der Waals surface area contributed by atoms with Gasteiger partial charge in [-0.3, -0.25) is 9.59 Å². The van der Waals surface area contributed by atoms with Gasteiger partial charge in [0.05, 0.1) is 18.6 Å². The predicted molar refractivity (Wildman–Crippen MR) is 57.6 cm³/mol. The molecule has 1 aliphatic carbocycles. The van der Waals surface area contributed by atoms with Crippen LogP contribution >= 0.6 is 12.4 Å². The third-order valence-electron chi connectivity index (χ3n) is 2.41. The van der Waals surface area contributed by atoms with Gasteiger partial charge >= 0.3 is 5.97 Å². The van der Waals surface area contributed by atoms with Crippen LogP contribution in [0.25, 0.3) is 0 Å². The van der Waals surface area contributed by atoms with Gasteiger partial charge in [-0.1, -0.05) is 6.92 Å². The molecule has 0 aliphatic heterocycles. The fraction of sp³-hybridized carbons (Fsp3) is 0.778. The summed E-state index contributed by atoms with van der Waals surface area (Å²) in [6, 6.07) is 0. The number of carbonyl (C=O) groups is 2. The van der Waals surface area contributed by atoms with Crippen molar-refractivity contribution in [3.8, 4) is 0 Å². The van der Waals surface area contributed by atoms with Crippen molar-refractivity contribution in [3.05, 3.63) is 0 Å². The maximum Gasteiger partial charge on any atom is 0.310 e. The minimum Gasteiger partial charge on any atom is -0.469 e. The molecule has 5 nitrogen and oxygen atoms in total. The van der Waals surface area contributed by atoms with E-state index in [1.807, 2.05) is 0 Å². The van der Waals surface area contributed by atoms with Crippen LogP contribution in [0, 0.1) is 5.92 Å². The Hall–Kier alpha value is -0.810. The van der Waals surface area contributed by atoms with Crippen LogP contribution in [-0.4, -0.2) is 31.1 Å². The Bertz CT molecular complexity index is 254. The molecular weight excluding hydrogens is 220 g/mol. The van der Waals surface area contributed by atoms with Crippen LogP contribution in [0.1, 0.15) is 19.8 Å². The molecule has 0 heterocycles. The van der Waals surface area contributed by atoms with Gasteiger partial charge in [-0.05, 0) is 12.8 Å². The van der Waals surface area contributed by atoms with Gasteiger partial charge in [0.25, 0.3) is 0 Å². The number of ether oxygens (including phenoxy) is 1. The van der Waals surface area contributed by atoms with E-state index in [1.165, 1.54) is 7.11 Å². The number of halogens is 1. The van der Waals surface area contributed by atoms with Crippen molar-refractivity contribution < 1.29 is 14.3 Å². The van der Waals surface area contributed by atoms with Crippen molar-refractivity contribution >= 4 is 24.3 Å². The Morgan fingerprint density at radius 2 is 2.07 bits per heavy atom. The fourth-order valence-electron chi connectivity index (χ4n) is 1.07. The number of rotatable bonds is 4. The summed E-state index contributed by atoms with van der Waals surface area (Å²) in [5, 5.41) is 2.64. The summed E-state index contributed by atoms with van der Waals surface area (Å²) in [5.41, 5.74) is 4.99. The van der Waals surface area contributed by atoms with E-state index in [0.29, 0.717) is 0 Å². The number of hydrogen-bond donors (Lipinski definition) is 2. The summed E-state index contributed by atoms with van der Waals surface area (Å²) in [6.45, 7) is 1.98. The summed E-state index contributed by atoms with van der Waals surface area (Å²) in [7, 11) is 1.33. The van der Waals surface area contributed by atoms with Gasteiger partial charge in [0.15, 0.2) is 0 Å². The molecule has 6 heteroatoms. The molecule has 1 saturated carbocycles. The average Bonchev–Trinajstić information content (AvgIpc) is 2.92. The maximum absolute atomic E-state index is 11.4. The van der Waals surface area contributed by atoms with Gasteiger partial charge in [-0.25, -0.2) is 0 Å². The monoisotopic (exact) mass is 236 g/mol. The average molecular weight is 237 g/mol. The molecule has 1 unspecified atom stereocenters. The number of hydrogen-bond acceptors (Lipinski definition) is 4. The van der Waals surface area contributed by atoms with E-state index in [2.05, 4.69) is 10.1 Å². The number of nitrogens with one attached hydrogen (secondary N) is 1. The second kappa shape index (κ2) is 5.32. The molecule has 0 bridgehead atoms. The first-order chi connectivity index (χ1) is 6.49. The minimum atomic E-state index is -0.671. The van der Waals surface area contributed by atoms with Crippen LogP contribution in [0.4, 0.5) is 0 Å². The number of nitrogens with two attached hydrogens (primary N) is 1. The molecular formula is C9H17ClN2O3. The van der Waals surface area contributed by atoms with Crippen LogP contribution in [0.2, 0.25) is 0 Å². The summed E-state index contributed by atoms with van der Waals surface area (Å²) < 4.78 is 4.52. The van der Waals surface area contributed by atoms with E-state index < -0.39 is 5.54 Å². The molecule has 0 aromatic rings. The fourth-order valence-corrected chi connectivity index (χ4v) is 1.07. The third-order valence-corrected chi connectivity index (χ3v) is 2.41. The smallest absolute Gasteiger partial charge is 0.310 e. The molecule has 0 spiro atoms. The summed E-state index contributed by atoms with van der Waals surface area (Å²) >= 11 is 0. The number of methoxy groups -OCH3 is 1. The molecule has 0 saturated heterocycles. The van der Waals surface area contributed by atoms with Crippen molar-refractivity contribution in [2.45, 2.75) is 25.3 Å². The predicted octanol–water partition coefficient (Wildman–Crippen LogP) is -0.175. The highest BCUT2D eigenvalue weighted by Gasteiger charge is 2.45. The second-order valence-electron chi connectivity index (χ2n) is 3.79. The maximum atomic E-state index is 11.4. The minimum absolute atomic E-state index is 0. The van der Waals surface area contributed by atoms with Gasteiger partial charge in [0.1, 0.15) is 0 Å². The standard InChI is InChI=1S/C9H16N2O3.ClH/c1-6(7(12)14-2)5-11-8(13)9(10)3-4-9;/h6H,3-5,10H2,1-2H3,(H,11,13);1H. The zero-order valence-corrected chi connectivity index (χ0v) is 9.73. The highest BCUT2D eigenvalue weighted by atomic mass is 35.5. The lowest BCUT2D eigenvalue weighted by Crippen LogP contribution is -2.44. The molecule has 1 rings (SSSR count). The largest absolute Gasteiger partial charge is 0.469 e. The van der Waals surface area contributed by atoms with Crippen molar-refractivity contribution in [3.63, 3.8) is 0 Å². The van der Waals surface area contributed by atoms with Crippen LogP contribution in [0.15, 0.2) is 0 Å². The topological polar surface area (TPSA) is 81.4 Å². The quantitative estimate of drug-likeness (QED) is 0.664. The van der Waals surface area contributed by atoms with Gasteiger partial charge in [-0.15, -0.1) is 12.4 Å². The zero-order valence-electron chi connectivity index (χ0n) is 8.91. The van der Waals surface area contributed by atoms with Gasteiger partial charge in [-0.2, -0.15) is 0 Å². The molecule has 1 atom stereocenters. The van der Waals surface area contributed by atoms with E-state index in [9.17, 15) is 9.59 Å². The molecule has 0 radical (unpaired) electrons.